The Hall–Kier alpha value is -4.04. The summed E-state index contributed by atoms with van der Waals surface area (Å²) in [6.07, 6.45) is -0.770. The van der Waals surface area contributed by atoms with Gasteiger partial charge in [0.25, 0.3) is 0 Å². The van der Waals surface area contributed by atoms with Crippen molar-refractivity contribution in [3.63, 3.8) is 0 Å². The number of benzene rings is 1. The van der Waals surface area contributed by atoms with Gasteiger partial charge in [-0.3, -0.25) is 24.0 Å². The third kappa shape index (κ3) is 12.2. The van der Waals surface area contributed by atoms with Crippen LogP contribution in [0.25, 0.3) is 0 Å². The predicted octanol–water partition coefficient (Wildman–Crippen LogP) is -1.50. The van der Waals surface area contributed by atoms with E-state index in [-0.39, 0.29) is 25.2 Å². The zero-order chi connectivity index (χ0) is 30.4. The molecule has 1 aromatic rings. The molecule has 0 heterocycles. The van der Waals surface area contributed by atoms with Gasteiger partial charge in [0.05, 0.1) is 12.6 Å². The third-order valence-corrected chi connectivity index (χ3v) is 5.75. The lowest BCUT2D eigenvalue weighted by Crippen LogP contribution is -2.59. The number of aliphatic carboxylic acids is 2. The van der Waals surface area contributed by atoms with Crippen molar-refractivity contribution in [3.8, 4) is 0 Å². The molecule has 0 fully saturated rings. The Morgan fingerprint density at radius 3 is 1.75 bits per heavy atom. The van der Waals surface area contributed by atoms with Crippen molar-refractivity contribution in [2.75, 3.05) is 6.61 Å². The molecule has 0 aliphatic heterocycles. The minimum Gasteiger partial charge on any atom is -0.481 e. The van der Waals surface area contributed by atoms with Crippen LogP contribution in [0.5, 0.6) is 0 Å². The highest BCUT2D eigenvalue weighted by atomic mass is 16.4. The fraction of sp³-hybridized carbons (Fsp3) is 0.538. The first-order chi connectivity index (χ1) is 18.7. The molecule has 0 spiro atoms. The molecule has 1 aromatic carbocycles. The number of aliphatic hydroxyl groups excluding tert-OH is 1. The first-order valence-electron chi connectivity index (χ1n) is 12.8. The highest BCUT2D eigenvalue weighted by Gasteiger charge is 2.32. The van der Waals surface area contributed by atoms with E-state index in [9.17, 15) is 39.0 Å². The summed E-state index contributed by atoms with van der Waals surface area (Å²) >= 11 is 0. The van der Waals surface area contributed by atoms with Gasteiger partial charge in [0.1, 0.15) is 24.2 Å². The molecule has 1 rings (SSSR count). The maximum atomic E-state index is 13.3. The van der Waals surface area contributed by atoms with Gasteiger partial charge in [0, 0.05) is 12.8 Å². The van der Waals surface area contributed by atoms with Crippen molar-refractivity contribution in [1.29, 1.82) is 0 Å². The summed E-state index contributed by atoms with van der Waals surface area (Å²) in [4.78, 5) is 73.7. The van der Waals surface area contributed by atoms with Gasteiger partial charge in [0.2, 0.25) is 23.6 Å². The summed E-state index contributed by atoms with van der Waals surface area (Å²) in [6.45, 7) is 4.22. The number of aliphatic hydroxyl groups is 1. The fourth-order valence-corrected chi connectivity index (χ4v) is 3.60. The van der Waals surface area contributed by atoms with Crippen LogP contribution in [0.15, 0.2) is 30.3 Å². The van der Waals surface area contributed by atoms with Crippen LogP contribution in [0.1, 0.15) is 45.6 Å². The Labute approximate surface area is 232 Å². The van der Waals surface area contributed by atoms with Gasteiger partial charge in [0.15, 0.2) is 0 Å². The number of nitrogens with two attached hydrogens (primary N) is 1. The van der Waals surface area contributed by atoms with E-state index in [4.69, 9.17) is 10.8 Å². The van der Waals surface area contributed by atoms with Crippen LogP contribution in [0.4, 0.5) is 0 Å². The summed E-state index contributed by atoms with van der Waals surface area (Å²) < 4.78 is 0. The first kappa shape index (κ1) is 34.0. The molecule has 9 N–H and O–H groups in total. The molecule has 0 aromatic heterocycles. The molecule has 0 unspecified atom stereocenters. The van der Waals surface area contributed by atoms with Crippen molar-refractivity contribution in [1.82, 2.24) is 21.3 Å². The number of nitrogens with one attached hydrogen (secondary N) is 4. The van der Waals surface area contributed by atoms with Crippen LogP contribution in [-0.4, -0.2) is 87.7 Å². The molecule has 0 bridgehead atoms. The minimum atomic E-state index is -1.51. The highest BCUT2D eigenvalue weighted by molar-refractivity contribution is 5.95. The minimum absolute atomic E-state index is 0.0320. The normalized spacial score (nSPS) is 14.7. The number of hydrogen-bond donors (Lipinski definition) is 8. The van der Waals surface area contributed by atoms with E-state index in [1.165, 1.54) is 6.92 Å². The molecule has 0 saturated heterocycles. The maximum Gasteiger partial charge on any atom is 0.326 e. The quantitative estimate of drug-likeness (QED) is 0.109. The molecule has 222 valence electrons. The first-order valence-corrected chi connectivity index (χ1v) is 12.8. The van der Waals surface area contributed by atoms with Gasteiger partial charge in [-0.25, -0.2) is 4.79 Å². The lowest BCUT2D eigenvalue weighted by atomic mass is 10.0. The van der Waals surface area contributed by atoms with Crippen LogP contribution in [0, 0.1) is 5.92 Å². The summed E-state index contributed by atoms with van der Waals surface area (Å²) in [6, 6.07) is 2.29. The standard InChI is InChI=1S/C26H39N5O9/c1-14(2)11-18(29-25(38)20(13-32)31-22(35)15(3)27)23(36)30-19(12-16-7-5-4-6-8-16)24(37)28-17(26(39)40)9-10-21(33)34/h4-8,14-15,17-20,32H,9-13,27H2,1-3H3,(H,28,37)(H,29,38)(H,30,36)(H,31,35)(H,33,34)(H,39,40)/t15-,17-,18-,19-,20-/m0/s1. The van der Waals surface area contributed by atoms with E-state index in [1.807, 2.05) is 0 Å². The van der Waals surface area contributed by atoms with Gasteiger partial charge in [-0.05, 0) is 31.2 Å². The third-order valence-electron chi connectivity index (χ3n) is 5.75. The molecule has 14 nitrogen and oxygen atoms in total. The van der Waals surface area contributed by atoms with Gasteiger partial charge >= 0.3 is 11.9 Å². The fourth-order valence-electron chi connectivity index (χ4n) is 3.60. The Morgan fingerprint density at radius 1 is 0.750 bits per heavy atom. The summed E-state index contributed by atoms with van der Waals surface area (Å²) in [5.74, 6) is -5.92. The Kier molecular flexibility index (Phi) is 14.3. The van der Waals surface area contributed by atoms with E-state index in [0.717, 1.165) is 0 Å². The van der Waals surface area contributed by atoms with E-state index in [1.54, 1.807) is 44.2 Å². The number of carboxylic acids is 2. The monoisotopic (exact) mass is 565 g/mol. The molecular weight excluding hydrogens is 526 g/mol. The molecular formula is C26H39N5O9. The smallest absolute Gasteiger partial charge is 0.326 e. The summed E-state index contributed by atoms with van der Waals surface area (Å²) in [5, 5.41) is 37.5. The number of carboxylic acid groups (broad SMARTS) is 2. The Bertz CT molecular complexity index is 1030. The Balaban J connectivity index is 3.16. The molecule has 40 heavy (non-hydrogen) atoms. The molecule has 0 aliphatic rings. The molecule has 14 heteroatoms. The second kappa shape index (κ2) is 16.8. The number of amides is 4. The molecule has 0 saturated carbocycles. The van der Waals surface area contributed by atoms with E-state index < -0.39 is 78.8 Å². The average molecular weight is 566 g/mol. The van der Waals surface area contributed by atoms with Gasteiger partial charge in [-0.1, -0.05) is 44.2 Å². The molecule has 0 radical (unpaired) electrons. The highest BCUT2D eigenvalue weighted by Crippen LogP contribution is 2.09. The van der Waals surface area contributed by atoms with Crippen LogP contribution in [0.2, 0.25) is 0 Å². The van der Waals surface area contributed by atoms with E-state index in [0.29, 0.717) is 5.56 Å². The average Bonchev–Trinajstić information content (AvgIpc) is 2.88. The number of hydrogen-bond acceptors (Lipinski definition) is 8. The van der Waals surface area contributed by atoms with Crippen LogP contribution >= 0.6 is 0 Å². The van der Waals surface area contributed by atoms with Crippen molar-refractivity contribution in [2.24, 2.45) is 11.7 Å². The molecule has 4 amide bonds. The zero-order valence-corrected chi connectivity index (χ0v) is 22.8. The number of carbonyl (C=O) groups is 6. The second-order valence-corrected chi connectivity index (χ2v) is 9.81. The maximum absolute atomic E-state index is 13.3. The van der Waals surface area contributed by atoms with Crippen molar-refractivity contribution in [3.05, 3.63) is 35.9 Å². The number of rotatable bonds is 17. The van der Waals surface area contributed by atoms with Crippen molar-refractivity contribution < 1.29 is 44.1 Å². The predicted molar refractivity (Wildman–Crippen MR) is 143 cm³/mol. The van der Waals surface area contributed by atoms with Crippen LogP contribution in [-0.2, 0) is 35.2 Å². The molecule has 5 atom stereocenters. The largest absolute Gasteiger partial charge is 0.481 e. The van der Waals surface area contributed by atoms with Gasteiger partial charge in [-0.15, -0.1) is 0 Å². The summed E-state index contributed by atoms with van der Waals surface area (Å²) in [7, 11) is 0. The Morgan fingerprint density at radius 2 is 1.25 bits per heavy atom. The lowest BCUT2D eigenvalue weighted by Gasteiger charge is -2.26. The number of carbonyl (C=O) groups excluding carboxylic acids is 4. The van der Waals surface area contributed by atoms with Crippen LogP contribution in [0.3, 0.4) is 0 Å². The second-order valence-electron chi connectivity index (χ2n) is 9.81. The topological polar surface area (TPSA) is 237 Å². The molecule has 0 aliphatic carbocycles. The van der Waals surface area contributed by atoms with Crippen LogP contribution < -0.4 is 27.0 Å². The van der Waals surface area contributed by atoms with Crippen molar-refractivity contribution in [2.45, 2.75) is 76.7 Å². The van der Waals surface area contributed by atoms with Gasteiger partial charge in [-0.2, -0.15) is 0 Å². The summed E-state index contributed by atoms with van der Waals surface area (Å²) in [5.41, 5.74) is 6.14. The zero-order valence-electron chi connectivity index (χ0n) is 22.8. The lowest BCUT2D eigenvalue weighted by molar-refractivity contribution is -0.143. The van der Waals surface area contributed by atoms with Gasteiger partial charge < -0.3 is 42.3 Å². The van der Waals surface area contributed by atoms with E-state index in [2.05, 4.69) is 21.3 Å². The van der Waals surface area contributed by atoms with E-state index >= 15 is 0 Å². The van der Waals surface area contributed by atoms with Crippen molar-refractivity contribution >= 4 is 35.6 Å². The SMILES string of the molecule is CC(C)C[C@H](NC(=O)[C@H](CO)NC(=O)[C@H](C)N)C(=O)N[C@@H](Cc1ccccc1)C(=O)N[C@@H](CCC(=O)O)C(=O)O.